The minimum atomic E-state index is -3.97. The molecule has 0 radical (unpaired) electrons. The summed E-state index contributed by atoms with van der Waals surface area (Å²) in [7, 11) is -2.55. The van der Waals surface area contributed by atoms with Crippen LogP contribution in [0.5, 0.6) is 11.5 Å². The molecule has 0 aromatic heterocycles. The van der Waals surface area contributed by atoms with Crippen molar-refractivity contribution in [3.8, 4) is 11.5 Å². The molecule has 148 valence electrons. The molecule has 0 unspecified atom stereocenters. The van der Waals surface area contributed by atoms with Crippen LogP contribution < -0.4 is 19.5 Å². The van der Waals surface area contributed by atoms with Crippen molar-refractivity contribution in [1.29, 1.82) is 0 Å². The number of hydrogen-bond acceptors (Lipinski definition) is 7. The SMILES string of the molecule is CNC(=O)[C@@H](C)OC(=O)c1cccc(S(=O)(=O)Nc2ccc3c(c2)OCO3)c1. The lowest BCUT2D eigenvalue weighted by molar-refractivity contribution is -0.128. The summed E-state index contributed by atoms with van der Waals surface area (Å²) in [6, 6.07) is 9.96. The zero-order chi connectivity index (χ0) is 20.3. The Hall–Kier alpha value is -3.27. The van der Waals surface area contributed by atoms with E-state index < -0.39 is 28.0 Å². The Kier molecular flexibility index (Phi) is 5.41. The normalized spacial score (nSPS) is 13.5. The number of hydrogen-bond donors (Lipinski definition) is 2. The zero-order valence-electron chi connectivity index (χ0n) is 15.1. The molecule has 0 fully saturated rings. The summed E-state index contributed by atoms with van der Waals surface area (Å²) in [4.78, 5) is 23.5. The van der Waals surface area contributed by atoms with E-state index in [1.807, 2.05) is 0 Å². The van der Waals surface area contributed by atoms with Crippen LogP contribution in [0.2, 0.25) is 0 Å². The first-order valence-electron chi connectivity index (χ1n) is 8.25. The lowest BCUT2D eigenvalue weighted by Crippen LogP contribution is -2.33. The maximum Gasteiger partial charge on any atom is 0.338 e. The summed E-state index contributed by atoms with van der Waals surface area (Å²) in [6.45, 7) is 1.49. The first kappa shape index (κ1) is 19.5. The van der Waals surface area contributed by atoms with Crippen LogP contribution in [0.3, 0.4) is 0 Å². The lowest BCUT2D eigenvalue weighted by atomic mass is 10.2. The van der Waals surface area contributed by atoms with Crippen molar-refractivity contribution in [1.82, 2.24) is 5.32 Å². The topological polar surface area (TPSA) is 120 Å². The van der Waals surface area contributed by atoms with Crippen LogP contribution in [-0.2, 0) is 19.6 Å². The van der Waals surface area contributed by atoms with Crippen LogP contribution in [0.25, 0.3) is 0 Å². The van der Waals surface area contributed by atoms with Crippen LogP contribution in [0.4, 0.5) is 5.69 Å². The van der Waals surface area contributed by atoms with Crippen molar-refractivity contribution < 1.29 is 32.2 Å². The molecule has 1 aliphatic rings. The summed E-state index contributed by atoms with van der Waals surface area (Å²) in [5, 5.41) is 2.36. The van der Waals surface area contributed by atoms with Gasteiger partial charge in [-0.05, 0) is 37.3 Å². The van der Waals surface area contributed by atoms with E-state index in [1.165, 1.54) is 50.4 Å². The minimum absolute atomic E-state index is 0.00400. The first-order chi connectivity index (χ1) is 13.3. The Balaban J connectivity index is 1.78. The quantitative estimate of drug-likeness (QED) is 0.698. The van der Waals surface area contributed by atoms with Crippen molar-refractivity contribution in [3.05, 3.63) is 48.0 Å². The van der Waals surface area contributed by atoms with Gasteiger partial charge in [0.15, 0.2) is 17.6 Å². The first-order valence-corrected chi connectivity index (χ1v) is 9.73. The number of carbonyl (C=O) groups is 2. The third-order valence-electron chi connectivity index (χ3n) is 3.90. The third-order valence-corrected chi connectivity index (χ3v) is 5.28. The van der Waals surface area contributed by atoms with Crippen molar-refractivity contribution in [2.75, 3.05) is 18.6 Å². The zero-order valence-corrected chi connectivity index (χ0v) is 15.9. The van der Waals surface area contributed by atoms with Gasteiger partial charge < -0.3 is 19.5 Å². The van der Waals surface area contributed by atoms with Gasteiger partial charge in [0.1, 0.15) is 0 Å². The van der Waals surface area contributed by atoms with E-state index in [0.717, 1.165) is 0 Å². The summed E-state index contributed by atoms with van der Waals surface area (Å²) in [5.74, 6) is -0.323. The monoisotopic (exact) mass is 406 g/mol. The molecule has 10 heteroatoms. The fourth-order valence-corrected chi connectivity index (χ4v) is 3.54. The Labute approximate surface area is 161 Å². The second-order valence-corrected chi connectivity index (χ2v) is 7.55. The van der Waals surface area contributed by atoms with Gasteiger partial charge in [0, 0.05) is 13.1 Å². The molecular weight excluding hydrogens is 388 g/mol. The van der Waals surface area contributed by atoms with Gasteiger partial charge in [-0.25, -0.2) is 13.2 Å². The van der Waals surface area contributed by atoms with Gasteiger partial charge in [0.25, 0.3) is 15.9 Å². The number of rotatable bonds is 6. The molecule has 0 saturated carbocycles. The van der Waals surface area contributed by atoms with E-state index in [4.69, 9.17) is 14.2 Å². The number of nitrogens with one attached hydrogen (secondary N) is 2. The number of anilines is 1. The fraction of sp³-hybridized carbons (Fsp3) is 0.222. The Morgan fingerprint density at radius 1 is 1.11 bits per heavy atom. The smallest absolute Gasteiger partial charge is 0.338 e. The molecule has 0 bridgehead atoms. The minimum Gasteiger partial charge on any atom is -0.454 e. The Morgan fingerprint density at radius 3 is 2.61 bits per heavy atom. The van der Waals surface area contributed by atoms with Crippen molar-refractivity contribution >= 4 is 27.6 Å². The van der Waals surface area contributed by atoms with Crippen molar-refractivity contribution in [3.63, 3.8) is 0 Å². The van der Waals surface area contributed by atoms with Gasteiger partial charge in [-0.2, -0.15) is 0 Å². The molecule has 2 aromatic carbocycles. The number of benzene rings is 2. The maximum absolute atomic E-state index is 12.7. The van der Waals surface area contributed by atoms with E-state index in [0.29, 0.717) is 11.5 Å². The second-order valence-electron chi connectivity index (χ2n) is 5.86. The summed E-state index contributed by atoms with van der Waals surface area (Å²) in [6.07, 6.45) is -1.01. The van der Waals surface area contributed by atoms with Crippen LogP contribution in [0, 0.1) is 0 Å². The molecule has 2 N–H and O–H groups in total. The Bertz CT molecular complexity index is 1020. The molecule has 1 amide bonds. The average molecular weight is 406 g/mol. The number of carbonyl (C=O) groups excluding carboxylic acids is 2. The molecule has 1 heterocycles. The van der Waals surface area contributed by atoms with Gasteiger partial charge in [-0.3, -0.25) is 9.52 Å². The van der Waals surface area contributed by atoms with Gasteiger partial charge in [0.2, 0.25) is 6.79 Å². The maximum atomic E-state index is 12.7. The third kappa shape index (κ3) is 4.17. The molecule has 1 atom stereocenters. The molecule has 1 aliphatic heterocycles. The number of fused-ring (bicyclic) bond motifs is 1. The second kappa shape index (κ2) is 7.77. The van der Waals surface area contributed by atoms with Crippen molar-refractivity contribution in [2.45, 2.75) is 17.9 Å². The van der Waals surface area contributed by atoms with Gasteiger partial charge in [0.05, 0.1) is 16.1 Å². The number of esters is 1. The van der Waals surface area contributed by atoms with Crippen LogP contribution in [0.1, 0.15) is 17.3 Å². The number of amides is 1. The largest absolute Gasteiger partial charge is 0.454 e. The van der Waals surface area contributed by atoms with Gasteiger partial charge >= 0.3 is 5.97 Å². The van der Waals surface area contributed by atoms with Gasteiger partial charge in [-0.15, -0.1) is 0 Å². The van der Waals surface area contributed by atoms with Crippen LogP contribution in [-0.4, -0.2) is 40.2 Å². The predicted octanol–water partition coefficient (Wildman–Crippen LogP) is 1.51. The van der Waals surface area contributed by atoms with Crippen LogP contribution in [0.15, 0.2) is 47.4 Å². The van der Waals surface area contributed by atoms with E-state index >= 15 is 0 Å². The highest BCUT2D eigenvalue weighted by Gasteiger charge is 2.21. The molecule has 9 nitrogen and oxygen atoms in total. The van der Waals surface area contributed by atoms with Crippen LogP contribution >= 0.6 is 0 Å². The van der Waals surface area contributed by atoms with E-state index in [1.54, 1.807) is 6.07 Å². The summed E-state index contributed by atoms with van der Waals surface area (Å²) in [5.41, 5.74) is 0.287. The fourth-order valence-electron chi connectivity index (χ4n) is 2.45. The molecule has 0 saturated heterocycles. The molecule has 3 rings (SSSR count). The predicted molar refractivity (Wildman–Crippen MR) is 98.8 cm³/mol. The molecule has 0 aliphatic carbocycles. The number of likely N-dealkylation sites (N-methyl/N-ethyl adjacent to an activating group) is 1. The molecule has 2 aromatic rings. The highest BCUT2D eigenvalue weighted by atomic mass is 32.2. The highest BCUT2D eigenvalue weighted by molar-refractivity contribution is 7.92. The Morgan fingerprint density at radius 2 is 1.86 bits per heavy atom. The van der Waals surface area contributed by atoms with E-state index in [2.05, 4.69) is 10.0 Å². The van der Waals surface area contributed by atoms with E-state index in [-0.39, 0.29) is 22.9 Å². The van der Waals surface area contributed by atoms with E-state index in [9.17, 15) is 18.0 Å². The molecular formula is C18H18N2O7S. The number of ether oxygens (including phenoxy) is 3. The lowest BCUT2D eigenvalue weighted by Gasteiger charge is -2.13. The summed E-state index contributed by atoms with van der Waals surface area (Å²) >= 11 is 0. The van der Waals surface area contributed by atoms with Crippen molar-refractivity contribution in [2.24, 2.45) is 0 Å². The average Bonchev–Trinajstić information content (AvgIpc) is 3.14. The molecule has 0 spiro atoms. The standard InChI is InChI=1S/C18H18N2O7S/c1-11(17(21)19-2)27-18(22)12-4-3-5-14(8-12)28(23,24)20-13-6-7-15-16(9-13)26-10-25-15/h3-9,11,20H,10H2,1-2H3,(H,19,21)/t11-/m1/s1. The highest BCUT2D eigenvalue weighted by Crippen LogP contribution is 2.34. The van der Waals surface area contributed by atoms with Gasteiger partial charge in [-0.1, -0.05) is 6.07 Å². The summed E-state index contributed by atoms with van der Waals surface area (Å²) < 4.78 is 43.2. The molecule has 28 heavy (non-hydrogen) atoms. The number of sulfonamides is 1.